The van der Waals surface area contributed by atoms with Gasteiger partial charge in [0.1, 0.15) is 11.3 Å². The van der Waals surface area contributed by atoms with Crippen LogP contribution in [0.15, 0.2) is 23.7 Å². The van der Waals surface area contributed by atoms with Crippen molar-refractivity contribution >= 4 is 21.0 Å². The third kappa shape index (κ3) is 1.05. The van der Waals surface area contributed by atoms with E-state index >= 15 is 0 Å². The molecule has 0 amide bonds. The average Bonchev–Trinajstić information content (AvgIpc) is 2.47. The van der Waals surface area contributed by atoms with Gasteiger partial charge in [-0.05, 0) is 22.9 Å². The summed E-state index contributed by atoms with van der Waals surface area (Å²) in [6, 6.07) is 5.35. The highest BCUT2D eigenvalue weighted by molar-refractivity contribution is 7.29. The van der Waals surface area contributed by atoms with Gasteiger partial charge in [-0.1, -0.05) is 0 Å². The van der Waals surface area contributed by atoms with Crippen LogP contribution >= 0.6 is 10.8 Å². The number of hydrogen-bond acceptors (Lipinski definition) is 3. The van der Waals surface area contributed by atoms with Gasteiger partial charge in [0.25, 0.3) is 0 Å². The molecule has 1 aromatic carbocycles. The number of thiazole rings is 1. The van der Waals surface area contributed by atoms with Gasteiger partial charge in [0.05, 0.1) is 7.11 Å². The number of rotatable bonds is 1. The zero-order chi connectivity index (χ0) is 8.55. The van der Waals surface area contributed by atoms with Crippen LogP contribution in [-0.4, -0.2) is 16.6 Å². The van der Waals surface area contributed by atoms with Crippen LogP contribution in [0.2, 0.25) is 0 Å². The first-order chi connectivity index (χ1) is 5.81. The summed E-state index contributed by atoms with van der Waals surface area (Å²) in [7, 11) is 0.502. The zero-order valence-electron chi connectivity index (χ0n) is 6.48. The summed E-state index contributed by atoms with van der Waals surface area (Å²) in [5, 5.41) is 0. The SMILES string of the molecule is COc1ccc2nc[s+]([O-])c2c1. The summed E-state index contributed by atoms with van der Waals surface area (Å²) in [6.07, 6.45) is 0. The van der Waals surface area contributed by atoms with Crippen molar-refractivity contribution in [1.29, 1.82) is 0 Å². The third-order valence-corrected chi connectivity index (χ3v) is 2.73. The molecule has 62 valence electrons. The fourth-order valence-corrected chi connectivity index (χ4v) is 1.93. The van der Waals surface area contributed by atoms with Crippen LogP contribution in [0.1, 0.15) is 0 Å². The predicted octanol–water partition coefficient (Wildman–Crippen LogP) is 1.97. The van der Waals surface area contributed by atoms with E-state index in [0.717, 1.165) is 10.2 Å². The molecule has 3 nitrogen and oxygen atoms in total. The summed E-state index contributed by atoms with van der Waals surface area (Å²) in [5.41, 5.74) is 2.21. The number of methoxy groups -OCH3 is 1. The van der Waals surface area contributed by atoms with Gasteiger partial charge in [0.15, 0.2) is 0 Å². The third-order valence-electron chi connectivity index (χ3n) is 1.67. The van der Waals surface area contributed by atoms with E-state index in [4.69, 9.17) is 4.74 Å². The Morgan fingerprint density at radius 2 is 2.33 bits per heavy atom. The molecular weight excluding hydrogens is 174 g/mol. The van der Waals surface area contributed by atoms with Gasteiger partial charge in [0.2, 0.25) is 10.2 Å². The summed E-state index contributed by atoms with van der Waals surface area (Å²) in [4.78, 5) is 3.97. The van der Waals surface area contributed by atoms with Crippen molar-refractivity contribution in [1.82, 2.24) is 4.98 Å². The maximum Gasteiger partial charge on any atom is 0.229 e. The highest BCUT2D eigenvalue weighted by Gasteiger charge is 2.06. The molecule has 1 heterocycles. The van der Waals surface area contributed by atoms with E-state index in [2.05, 4.69) is 4.98 Å². The second-order valence-corrected chi connectivity index (χ2v) is 3.61. The standard InChI is InChI=1S/C8H7NO2S/c1-11-6-2-3-7-8(4-6)12(10)5-9-7/h2-5H,1H3. The van der Waals surface area contributed by atoms with Crippen LogP contribution in [0.4, 0.5) is 0 Å². The summed E-state index contributed by atoms with van der Waals surface area (Å²) in [5.74, 6) is 0.715. The fraction of sp³-hybridized carbons (Fsp3) is 0.125. The van der Waals surface area contributed by atoms with Crippen LogP contribution in [0.25, 0.3) is 10.2 Å². The number of ether oxygens (including phenoxy) is 1. The molecule has 0 N–H and O–H groups in total. The van der Waals surface area contributed by atoms with Gasteiger partial charge in [-0.2, -0.15) is 4.98 Å². The summed E-state index contributed by atoms with van der Waals surface area (Å²) >= 11 is 0. The molecular formula is C8H7NO2S. The van der Waals surface area contributed by atoms with Crippen molar-refractivity contribution in [3.63, 3.8) is 0 Å². The number of aromatic nitrogens is 1. The Morgan fingerprint density at radius 3 is 3.08 bits per heavy atom. The van der Waals surface area contributed by atoms with Crippen molar-refractivity contribution in [2.75, 3.05) is 7.11 Å². The Labute approximate surface area is 72.4 Å². The molecule has 1 atom stereocenters. The Morgan fingerprint density at radius 1 is 1.50 bits per heavy atom. The van der Waals surface area contributed by atoms with Crippen molar-refractivity contribution in [2.24, 2.45) is 0 Å². The Balaban J connectivity index is 2.71. The normalized spacial score (nSPS) is 12.0. The Hall–Kier alpha value is -1.13. The topological polar surface area (TPSA) is 45.2 Å². The Bertz CT molecular complexity index is 410. The molecule has 12 heavy (non-hydrogen) atoms. The second kappa shape index (κ2) is 2.73. The molecule has 0 fully saturated rings. The highest BCUT2D eigenvalue weighted by Crippen LogP contribution is 2.28. The molecule has 0 saturated carbocycles. The van der Waals surface area contributed by atoms with Crippen molar-refractivity contribution in [3.05, 3.63) is 23.7 Å². The minimum atomic E-state index is -1.08. The predicted molar refractivity (Wildman–Crippen MR) is 46.9 cm³/mol. The van der Waals surface area contributed by atoms with Gasteiger partial charge in [-0.25, -0.2) is 0 Å². The van der Waals surface area contributed by atoms with Gasteiger partial charge in [0, 0.05) is 6.07 Å². The monoisotopic (exact) mass is 181 g/mol. The first-order valence-corrected chi connectivity index (χ1v) is 4.65. The van der Waals surface area contributed by atoms with Crippen molar-refractivity contribution in [2.45, 2.75) is 0 Å². The molecule has 0 aliphatic carbocycles. The largest absolute Gasteiger partial charge is 0.589 e. The molecule has 0 aliphatic rings. The van der Waals surface area contributed by atoms with Crippen LogP contribution in [0, 0.1) is 0 Å². The number of benzene rings is 1. The highest BCUT2D eigenvalue weighted by atomic mass is 32.2. The lowest BCUT2D eigenvalue weighted by atomic mass is 10.3. The molecule has 0 bridgehead atoms. The van der Waals surface area contributed by atoms with Gasteiger partial charge in [-0.15, -0.1) is 0 Å². The van der Waals surface area contributed by atoms with E-state index < -0.39 is 10.8 Å². The minimum Gasteiger partial charge on any atom is -0.589 e. The lowest BCUT2D eigenvalue weighted by molar-refractivity contribution is 0.415. The summed E-state index contributed by atoms with van der Waals surface area (Å²) in [6.45, 7) is 0. The quantitative estimate of drug-likeness (QED) is 0.632. The summed E-state index contributed by atoms with van der Waals surface area (Å²) < 4.78 is 17.0. The van der Waals surface area contributed by atoms with Crippen molar-refractivity contribution < 1.29 is 9.29 Å². The molecule has 2 aromatic rings. The van der Waals surface area contributed by atoms with Gasteiger partial charge < -0.3 is 9.29 Å². The molecule has 4 heteroatoms. The van der Waals surface area contributed by atoms with Gasteiger partial charge >= 0.3 is 0 Å². The van der Waals surface area contributed by atoms with E-state index in [1.807, 2.05) is 0 Å². The second-order valence-electron chi connectivity index (χ2n) is 2.37. The van der Waals surface area contributed by atoms with E-state index in [9.17, 15) is 4.55 Å². The minimum absolute atomic E-state index is 0.715. The molecule has 2 rings (SSSR count). The smallest absolute Gasteiger partial charge is 0.229 e. The molecule has 0 radical (unpaired) electrons. The van der Waals surface area contributed by atoms with E-state index in [-0.39, 0.29) is 0 Å². The first kappa shape index (κ1) is 7.52. The van der Waals surface area contributed by atoms with Crippen molar-refractivity contribution in [3.8, 4) is 5.75 Å². The molecule has 0 saturated heterocycles. The molecule has 1 aromatic heterocycles. The van der Waals surface area contributed by atoms with Crippen LogP contribution < -0.4 is 4.74 Å². The molecule has 0 aliphatic heterocycles. The maximum absolute atomic E-state index is 11.2. The lowest BCUT2D eigenvalue weighted by Gasteiger charge is -1.96. The number of fused-ring (bicyclic) bond motifs is 1. The lowest BCUT2D eigenvalue weighted by Crippen LogP contribution is -1.80. The molecule has 0 spiro atoms. The van der Waals surface area contributed by atoms with Crippen LogP contribution in [-0.2, 0) is 0 Å². The van der Waals surface area contributed by atoms with Crippen LogP contribution in [0.3, 0.4) is 0 Å². The zero-order valence-corrected chi connectivity index (χ0v) is 7.30. The van der Waals surface area contributed by atoms with E-state index in [1.54, 1.807) is 25.3 Å². The fourth-order valence-electron chi connectivity index (χ4n) is 1.05. The molecule has 1 unspecified atom stereocenters. The number of hydrogen-bond donors (Lipinski definition) is 0. The maximum atomic E-state index is 11.2. The average molecular weight is 181 g/mol. The van der Waals surface area contributed by atoms with Gasteiger partial charge in [-0.3, -0.25) is 0 Å². The first-order valence-electron chi connectivity index (χ1n) is 3.44. The van der Waals surface area contributed by atoms with E-state index in [0.29, 0.717) is 5.75 Å². The number of nitrogens with zero attached hydrogens (tertiary/aromatic N) is 1. The van der Waals surface area contributed by atoms with E-state index in [1.165, 1.54) is 5.51 Å². The van der Waals surface area contributed by atoms with Crippen LogP contribution in [0.5, 0.6) is 5.75 Å². The Kier molecular flexibility index (Phi) is 1.71.